The van der Waals surface area contributed by atoms with Gasteiger partial charge in [-0.05, 0) is 0 Å². The van der Waals surface area contributed by atoms with Gasteiger partial charge in [0.15, 0.2) is 0 Å². The summed E-state index contributed by atoms with van der Waals surface area (Å²) >= 11 is 0. The van der Waals surface area contributed by atoms with E-state index in [1.165, 1.54) is 0 Å². The Hall–Kier alpha value is -2.11. The molecule has 0 aromatic carbocycles. The molecule has 2 rings (SSSR count). The first kappa shape index (κ1) is 11.4. The zero-order valence-electron chi connectivity index (χ0n) is 9.94. The molecular weight excluding hydrogens is 213 g/mol. The first-order chi connectivity index (χ1) is 8.13. The zero-order chi connectivity index (χ0) is 12.4. The van der Waals surface area contributed by atoms with Gasteiger partial charge in [0.05, 0.1) is 0 Å². The van der Waals surface area contributed by atoms with E-state index >= 15 is 0 Å². The summed E-state index contributed by atoms with van der Waals surface area (Å²) in [7, 11) is 1.58. The van der Waals surface area contributed by atoms with E-state index in [-0.39, 0.29) is 0 Å². The molecule has 6 heteroatoms. The molecule has 0 aliphatic rings. The van der Waals surface area contributed by atoms with Crippen LogP contribution >= 0.6 is 0 Å². The molecule has 2 heterocycles. The third-order valence-corrected chi connectivity index (χ3v) is 2.55. The van der Waals surface area contributed by atoms with Crippen LogP contribution in [0.25, 0.3) is 11.3 Å². The van der Waals surface area contributed by atoms with E-state index in [9.17, 15) is 0 Å². The van der Waals surface area contributed by atoms with Crippen molar-refractivity contribution in [2.75, 3.05) is 11.1 Å². The van der Waals surface area contributed by atoms with E-state index in [1.807, 2.05) is 26.0 Å². The maximum absolute atomic E-state index is 5.62. The predicted octanol–water partition coefficient (Wildman–Crippen LogP) is 0.739. The maximum atomic E-state index is 5.62. The Kier molecular flexibility index (Phi) is 2.95. The van der Waals surface area contributed by atoms with Crippen molar-refractivity contribution >= 4 is 19.2 Å². The van der Waals surface area contributed by atoms with Crippen LogP contribution in [0.4, 0.5) is 5.69 Å². The van der Waals surface area contributed by atoms with Crippen LogP contribution in [0.2, 0.25) is 0 Å². The summed E-state index contributed by atoms with van der Waals surface area (Å²) in [6, 6.07) is 3.73. The summed E-state index contributed by atoms with van der Waals surface area (Å²) in [4.78, 5) is 5.99. The first-order valence-corrected chi connectivity index (χ1v) is 5.29. The van der Waals surface area contributed by atoms with Gasteiger partial charge in [-0.15, -0.1) is 0 Å². The molecule has 2 aromatic heterocycles. The monoisotopic (exact) mass is 227 g/mol. The van der Waals surface area contributed by atoms with Crippen molar-refractivity contribution in [1.29, 1.82) is 0 Å². The number of rotatable bonds is 3. The number of aryl methyl sites for hydroxylation is 1. The average Bonchev–Trinajstić information content (AvgIpc) is 2.57. The van der Waals surface area contributed by atoms with E-state index < -0.39 is 0 Å². The Morgan fingerprint density at radius 2 is 2.18 bits per heavy atom. The summed E-state index contributed by atoms with van der Waals surface area (Å²) in [6.07, 6.45) is 1.65. The average molecular weight is 227 g/mol. The fourth-order valence-corrected chi connectivity index (χ4v) is 1.78. The van der Waals surface area contributed by atoms with Crippen LogP contribution in [0.15, 0.2) is 18.3 Å². The number of hydrogen-bond acceptors (Lipinski definition) is 4. The molecule has 0 saturated carbocycles. The Balaban J connectivity index is 2.51. The third-order valence-electron chi connectivity index (χ3n) is 2.55. The molecule has 2 aromatic rings. The Labute approximate surface area is 101 Å². The van der Waals surface area contributed by atoms with E-state index in [4.69, 9.17) is 5.73 Å². The molecule has 0 spiro atoms. The van der Waals surface area contributed by atoms with Gasteiger partial charge in [-0.3, -0.25) is 0 Å². The number of anilines is 1. The standard InChI is InChI=1S/C11H14BN5/c1-7-11(8(2)17(15-7)16-12-3)10-5-4-9(13)6-14-10/h4-6,16H,3,13H2,1-2H3. The zero-order valence-corrected chi connectivity index (χ0v) is 9.94. The van der Waals surface area contributed by atoms with Gasteiger partial charge in [-0.25, -0.2) is 0 Å². The molecule has 0 unspecified atom stereocenters. The van der Waals surface area contributed by atoms with Crippen LogP contribution in [-0.4, -0.2) is 28.4 Å². The molecule has 0 radical (unpaired) electrons. The molecule has 86 valence electrons. The van der Waals surface area contributed by atoms with Crippen molar-refractivity contribution in [1.82, 2.24) is 14.9 Å². The minimum atomic E-state index is 0.653. The first-order valence-electron chi connectivity index (χ1n) is 5.29. The number of hydrogen-bond donors (Lipinski definition) is 2. The fourth-order valence-electron chi connectivity index (χ4n) is 1.78. The van der Waals surface area contributed by atoms with Crippen molar-refractivity contribution in [3.63, 3.8) is 0 Å². The summed E-state index contributed by atoms with van der Waals surface area (Å²) in [5.74, 6) is 0. The van der Waals surface area contributed by atoms with Gasteiger partial charge in [-0.2, -0.15) is 0 Å². The fraction of sp³-hybridized carbons (Fsp3) is 0.182. The van der Waals surface area contributed by atoms with Gasteiger partial charge >= 0.3 is 100.0 Å². The number of pyridine rings is 1. The van der Waals surface area contributed by atoms with Gasteiger partial charge in [0, 0.05) is 0 Å². The van der Waals surface area contributed by atoms with E-state index in [0.717, 1.165) is 22.6 Å². The van der Waals surface area contributed by atoms with Crippen LogP contribution in [0.1, 0.15) is 11.4 Å². The molecule has 17 heavy (non-hydrogen) atoms. The SMILES string of the molecule is C=BNn1nc(C)c(-c2ccc(N)cn2)c1C. The topological polar surface area (TPSA) is 68.8 Å². The number of aromatic nitrogens is 3. The Morgan fingerprint density at radius 3 is 2.76 bits per heavy atom. The molecule has 0 amide bonds. The van der Waals surface area contributed by atoms with E-state index in [1.54, 1.807) is 18.0 Å². The van der Waals surface area contributed by atoms with Gasteiger partial charge in [0.2, 0.25) is 0 Å². The van der Waals surface area contributed by atoms with Crippen molar-refractivity contribution in [2.24, 2.45) is 0 Å². The predicted molar refractivity (Wildman–Crippen MR) is 71.6 cm³/mol. The second-order valence-corrected chi connectivity index (χ2v) is 3.77. The van der Waals surface area contributed by atoms with Gasteiger partial charge in [-0.1, -0.05) is 0 Å². The number of nitrogens with two attached hydrogens (primary N) is 1. The van der Waals surface area contributed by atoms with Gasteiger partial charge < -0.3 is 0 Å². The molecule has 0 aliphatic carbocycles. The molecule has 0 saturated heterocycles. The number of nitrogens with one attached hydrogen (secondary N) is 1. The van der Waals surface area contributed by atoms with Gasteiger partial charge in [0.25, 0.3) is 0 Å². The molecule has 0 atom stereocenters. The second kappa shape index (κ2) is 4.41. The van der Waals surface area contributed by atoms with E-state index in [2.05, 4.69) is 21.9 Å². The Bertz CT molecular complexity index is 544. The molecule has 0 bridgehead atoms. The molecule has 0 aliphatic heterocycles. The summed E-state index contributed by atoms with van der Waals surface area (Å²) in [5, 5.41) is 7.30. The third kappa shape index (κ3) is 2.06. The molecule has 3 N–H and O–H groups in total. The van der Waals surface area contributed by atoms with Crippen LogP contribution in [0, 0.1) is 13.8 Å². The number of nitrogens with zero attached hydrogens (tertiary/aromatic N) is 3. The van der Waals surface area contributed by atoms with Crippen molar-refractivity contribution in [3.05, 3.63) is 29.7 Å². The second-order valence-electron chi connectivity index (χ2n) is 3.77. The number of nitrogen functional groups attached to an aromatic ring is 1. The molecular formula is C11H14BN5. The van der Waals surface area contributed by atoms with Crippen molar-refractivity contribution < 1.29 is 0 Å². The quantitative estimate of drug-likeness (QED) is 0.758. The van der Waals surface area contributed by atoms with Crippen LogP contribution in [-0.2, 0) is 0 Å². The summed E-state index contributed by atoms with van der Waals surface area (Å²) in [5.41, 5.74) is 10.1. The normalized spacial score (nSPS) is 10.0. The van der Waals surface area contributed by atoms with E-state index in [0.29, 0.717) is 5.69 Å². The van der Waals surface area contributed by atoms with Crippen molar-refractivity contribution in [3.8, 4) is 11.3 Å². The van der Waals surface area contributed by atoms with Crippen molar-refractivity contribution in [2.45, 2.75) is 13.8 Å². The molecule has 5 nitrogen and oxygen atoms in total. The Morgan fingerprint density at radius 1 is 1.41 bits per heavy atom. The molecule has 0 fully saturated rings. The van der Waals surface area contributed by atoms with Crippen LogP contribution in [0.5, 0.6) is 0 Å². The minimum absolute atomic E-state index is 0.653. The summed E-state index contributed by atoms with van der Waals surface area (Å²) in [6.45, 7) is 7.54. The van der Waals surface area contributed by atoms with Crippen LogP contribution < -0.4 is 11.1 Å². The van der Waals surface area contributed by atoms with Crippen LogP contribution in [0.3, 0.4) is 0 Å². The van der Waals surface area contributed by atoms with Gasteiger partial charge in [0.1, 0.15) is 0 Å². The summed E-state index contributed by atoms with van der Waals surface area (Å²) < 4.78 is 0.